The van der Waals surface area contributed by atoms with Gasteiger partial charge in [0.1, 0.15) is 5.69 Å². The zero-order chi connectivity index (χ0) is 11.5. The van der Waals surface area contributed by atoms with Crippen LogP contribution >= 0.6 is 15.9 Å². The molecule has 0 saturated heterocycles. The number of methoxy groups -OCH3 is 1. The normalized spacial score (nSPS) is 10.1. The SMILES string of the molecule is COC(=O)n1cc(-c2ccc(Br)cc2)nn1. The zero-order valence-corrected chi connectivity index (χ0v) is 10.0. The number of benzene rings is 1. The third-order valence-corrected chi connectivity index (χ3v) is 2.52. The first-order valence-electron chi connectivity index (χ1n) is 4.47. The van der Waals surface area contributed by atoms with Crippen LogP contribution in [0.25, 0.3) is 11.3 Å². The van der Waals surface area contributed by atoms with Crippen molar-refractivity contribution in [2.24, 2.45) is 0 Å². The van der Waals surface area contributed by atoms with Crippen LogP contribution in [0.15, 0.2) is 34.9 Å². The van der Waals surface area contributed by atoms with Gasteiger partial charge in [0.2, 0.25) is 0 Å². The van der Waals surface area contributed by atoms with Gasteiger partial charge in [-0.3, -0.25) is 0 Å². The van der Waals surface area contributed by atoms with Crippen molar-refractivity contribution in [3.63, 3.8) is 0 Å². The van der Waals surface area contributed by atoms with E-state index in [1.807, 2.05) is 24.3 Å². The van der Waals surface area contributed by atoms with Crippen molar-refractivity contribution in [2.75, 3.05) is 7.11 Å². The molecule has 0 aliphatic carbocycles. The minimum absolute atomic E-state index is 0.559. The number of carbonyl (C=O) groups excluding carboxylic acids is 1. The van der Waals surface area contributed by atoms with Gasteiger partial charge in [0.05, 0.1) is 13.3 Å². The predicted molar refractivity (Wildman–Crippen MR) is 61.0 cm³/mol. The van der Waals surface area contributed by atoms with Crippen LogP contribution in [0.1, 0.15) is 0 Å². The second-order valence-electron chi connectivity index (χ2n) is 3.03. The molecule has 6 heteroatoms. The topological polar surface area (TPSA) is 57.0 Å². The van der Waals surface area contributed by atoms with Crippen molar-refractivity contribution in [1.29, 1.82) is 0 Å². The number of aromatic nitrogens is 3. The van der Waals surface area contributed by atoms with E-state index in [0.29, 0.717) is 5.69 Å². The summed E-state index contributed by atoms with van der Waals surface area (Å²) < 4.78 is 6.55. The Bertz CT molecular complexity index is 507. The van der Waals surface area contributed by atoms with Gasteiger partial charge >= 0.3 is 6.09 Å². The van der Waals surface area contributed by atoms with E-state index in [0.717, 1.165) is 14.7 Å². The Balaban J connectivity index is 2.31. The van der Waals surface area contributed by atoms with Crippen LogP contribution in [-0.4, -0.2) is 28.2 Å². The summed E-state index contributed by atoms with van der Waals surface area (Å²) in [4.78, 5) is 11.1. The number of hydrogen-bond acceptors (Lipinski definition) is 4. The third-order valence-electron chi connectivity index (χ3n) is 2.00. The molecule has 16 heavy (non-hydrogen) atoms. The van der Waals surface area contributed by atoms with Crippen LogP contribution in [0, 0.1) is 0 Å². The number of carbonyl (C=O) groups is 1. The van der Waals surface area contributed by atoms with Crippen molar-refractivity contribution < 1.29 is 9.53 Å². The Hall–Kier alpha value is -1.69. The lowest BCUT2D eigenvalue weighted by Gasteiger charge is -1.95. The van der Waals surface area contributed by atoms with Gasteiger partial charge in [-0.05, 0) is 12.1 Å². The maximum Gasteiger partial charge on any atom is 0.435 e. The molecular weight excluding hydrogens is 274 g/mol. The quantitative estimate of drug-likeness (QED) is 0.805. The molecule has 0 radical (unpaired) electrons. The molecule has 0 N–H and O–H groups in total. The van der Waals surface area contributed by atoms with Gasteiger partial charge in [0, 0.05) is 10.0 Å². The lowest BCUT2D eigenvalue weighted by Crippen LogP contribution is -2.11. The second-order valence-corrected chi connectivity index (χ2v) is 3.94. The molecule has 0 spiro atoms. The Morgan fingerprint density at radius 2 is 2.06 bits per heavy atom. The molecule has 82 valence electrons. The van der Waals surface area contributed by atoms with Gasteiger partial charge in [-0.25, -0.2) is 4.79 Å². The Kier molecular flexibility index (Phi) is 3.00. The van der Waals surface area contributed by atoms with Crippen molar-refractivity contribution in [2.45, 2.75) is 0 Å². The van der Waals surface area contributed by atoms with Crippen molar-refractivity contribution in [3.8, 4) is 11.3 Å². The number of rotatable bonds is 1. The average molecular weight is 282 g/mol. The number of nitrogens with zero attached hydrogens (tertiary/aromatic N) is 3. The van der Waals surface area contributed by atoms with E-state index >= 15 is 0 Å². The van der Waals surface area contributed by atoms with Gasteiger partial charge in [-0.15, -0.1) is 5.10 Å². The van der Waals surface area contributed by atoms with Crippen LogP contribution in [0.4, 0.5) is 4.79 Å². The monoisotopic (exact) mass is 281 g/mol. The fourth-order valence-corrected chi connectivity index (χ4v) is 1.46. The minimum Gasteiger partial charge on any atom is -0.451 e. The summed E-state index contributed by atoms with van der Waals surface area (Å²) in [7, 11) is 1.29. The van der Waals surface area contributed by atoms with Crippen molar-refractivity contribution >= 4 is 22.0 Å². The Labute approximate surface area is 100 Å². The van der Waals surface area contributed by atoms with Gasteiger partial charge in [-0.1, -0.05) is 33.3 Å². The number of halogens is 1. The Morgan fingerprint density at radius 1 is 1.38 bits per heavy atom. The van der Waals surface area contributed by atoms with Crippen molar-refractivity contribution in [1.82, 2.24) is 15.0 Å². The van der Waals surface area contributed by atoms with E-state index in [2.05, 4.69) is 31.0 Å². The summed E-state index contributed by atoms with van der Waals surface area (Å²) in [6.07, 6.45) is 0.964. The van der Waals surface area contributed by atoms with Gasteiger partial charge < -0.3 is 4.74 Å². The molecule has 1 aromatic carbocycles. The van der Waals surface area contributed by atoms with Crippen LogP contribution in [0.2, 0.25) is 0 Å². The highest BCUT2D eigenvalue weighted by Gasteiger charge is 2.09. The molecule has 2 aromatic rings. The number of hydrogen-bond donors (Lipinski definition) is 0. The van der Waals surface area contributed by atoms with Gasteiger partial charge in [-0.2, -0.15) is 4.68 Å². The highest BCUT2D eigenvalue weighted by molar-refractivity contribution is 9.10. The lowest BCUT2D eigenvalue weighted by molar-refractivity contribution is 0.168. The molecule has 0 aliphatic rings. The molecule has 1 heterocycles. The molecule has 0 fully saturated rings. The molecule has 0 saturated carbocycles. The smallest absolute Gasteiger partial charge is 0.435 e. The maximum atomic E-state index is 11.1. The first-order valence-corrected chi connectivity index (χ1v) is 5.26. The summed E-state index contributed by atoms with van der Waals surface area (Å²) in [5.41, 5.74) is 1.51. The largest absolute Gasteiger partial charge is 0.451 e. The van der Waals surface area contributed by atoms with Crippen molar-refractivity contribution in [3.05, 3.63) is 34.9 Å². The summed E-state index contributed by atoms with van der Waals surface area (Å²) >= 11 is 3.34. The highest BCUT2D eigenvalue weighted by Crippen LogP contribution is 2.19. The first-order chi connectivity index (χ1) is 7.70. The molecule has 0 amide bonds. The predicted octanol–water partition coefficient (Wildman–Crippen LogP) is 2.32. The molecular formula is C10H8BrN3O2. The molecule has 0 atom stereocenters. The van der Waals surface area contributed by atoms with E-state index in [1.165, 1.54) is 13.3 Å². The fraction of sp³-hybridized carbons (Fsp3) is 0.100. The van der Waals surface area contributed by atoms with E-state index in [1.54, 1.807) is 0 Å². The maximum absolute atomic E-state index is 11.1. The molecule has 0 aliphatic heterocycles. The van der Waals surface area contributed by atoms with E-state index in [9.17, 15) is 4.79 Å². The molecule has 0 unspecified atom stereocenters. The summed E-state index contributed by atoms with van der Waals surface area (Å²) in [6, 6.07) is 7.56. The Morgan fingerprint density at radius 3 is 2.69 bits per heavy atom. The van der Waals surface area contributed by atoms with Gasteiger partial charge in [0.25, 0.3) is 0 Å². The number of ether oxygens (including phenoxy) is 1. The van der Waals surface area contributed by atoms with Crippen LogP contribution in [0.5, 0.6) is 0 Å². The molecule has 1 aromatic heterocycles. The van der Waals surface area contributed by atoms with Gasteiger partial charge in [0.15, 0.2) is 0 Å². The van der Waals surface area contributed by atoms with E-state index in [-0.39, 0.29) is 0 Å². The summed E-state index contributed by atoms with van der Waals surface area (Å²) in [5, 5.41) is 7.55. The second kappa shape index (κ2) is 4.44. The van der Waals surface area contributed by atoms with Crippen LogP contribution < -0.4 is 0 Å². The molecule has 5 nitrogen and oxygen atoms in total. The summed E-state index contributed by atoms with van der Waals surface area (Å²) in [5.74, 6) is 0. The van der Waals surface area contributed by atoms with Crippen LogP contribution in [-0.2, 0) is 4.74 Å². The summed E-state index contributed by atoms with van der Waals surface area (Å²) in [6.45, 7) is 0. The first kappa shape index (κ1) is 10.8. The zero-order valence-electron chi connectivity index (χ0n) is 8.42. The lowest BCUT2D eigenvalue weighted by atomic mass is 10.2. The standard InChI is InChI=1S/C10H8BrN3O2/c1-16-10(15)14-6-9(12-13-14)7-2-4-8(11)5-3-7/h2-6H,1H3. The third kappa shape index (κ3) is 2.11. The molecule has 2 rings (SSSR count). The van der Waals surface area contributed by atoms with E-state index < -0.39 is 6.09 Å². The minimum atomic E-state index is -0.559. The fourth-order valence-electron chi connectivity index (χ4n) is 1.20. The average Bonchev–Trinajstić information content (AvgIpc) is 2.78. The van der Waals surface area contributed by atoms with Crippen LogP contribution in [0.3, 0.4) is 0 Å². The molecule has 0 bridgehead atoms. The van der Waals surface area contributed by atoms with E-state index in [4.69, 9.17) is 0 Å². The highest BCUT2D eigenvalue weighted by atomic mass is 79.9.